The number of aliphatic hydroxyl groups excluding tert-OH is 1. The smallest absolute Gasteiger partial charge is 0.143 e. The number of oxime groups is 1. The van der Waals surface area contributed by atoms with Crippen LogP contribution in [-0.2, 0) is 0 Å². The van der Waals surface area contributed by atoms with Crippen LogP contribution >= 0.6 is 0 Å². The first-order chi connectivity index (χ1) is 7.04. The maximum Gasteiger partial charge on any atom is 0.143 e. The highest BCUT2D eigenvalue weighted by Gasteiger charge is 2.25. The highest BCUT2D eigenvalue weighted by Crippen LogP contribution is 2.17. The van der Waals surface area contributed by atoms with Crippen LogP contribution in [-0.4, -0.2) is 46.8 Å². The van der Waals surface area contributed by atoms with E-state index in [9.17, 15) is 5.11 Å². The molecule has 3 atom stereocenters. The highest BCUT2D eigenvalue weighted by molar-refractivity contribution is 5.82. The molecule has 1 rings (SSSR count). The highest BCUT2D eigenvalue weighted by atomic mass is 16.4. The molecule has 0 amide bonds. The number of likely N-dealkylation sites (tertiary alicyclic amines) is 1. The second kappa shape index (κ2) is 5.32. The lowest BCUT2D eigenvalue weighted by Crippen LogP contribution is -2.46. The van der Waals surface area contributed by atoms with Crippen LogP contribution in [0.25, 0.3) is 0 Å². The van der Waals surface area contributed by atoms with Gasteiger partial charge in [-0.3, -0.25) is 0 Å². The minimum atomic E-state index is -0.252. The third-order valence-corrected chi connectivity index (χ3v) is 3.16. The van der Waals surface area contributed by atoms with Crippen LogP contribution in [0.3, 0.4) is 0 Å². The lowest BCUT2D eigenvalue weighted by atomic mass is 9.95. The number of nitrogens with zero attached hydrogens (tertiary/aromatic N) is 2. The Morgan fingerprint density at radius 3 is 2.87 bits per heavy atom. The van der Waals surface area contributed by atoms with E-state index in [1.54, 1.807) is 0 Å². The number of piperidine rings is 1. The minimum absolute atomic E-state index is 0.0237. The normalized spacial score (nSPS) is 31.5. The fourth-order valence-electron chi connectivity index (χ4n) is 1.86. The van der Waals surface area contributed by atoms with Gasteiger partial charge in [-0.05, 0) is 18.9 Å². The van der Waals surface area contributed by atoms with Crippen molar-refractivity contribution in [3.8, 4) is 0 Å². The summed E-state index contributed by atoms with van der Waals surface area (Å²) < 4.78 is 0. The zero-order valence-corrected chi connectivity index (χ0v) is 9.43. The zero-order valence-electron chi connectivity index (χ0n) is 9.43. The predicted octanol–water partition coefficient (Wildman–Crippen LogP) is 0.0716. The molecule has 4 N–H and O–H groups in total. The van der Waals surface area contributed by atoms with Crippen LogP contribution in [0.4, 0.5) is 0 Å². The first-order valence-corrected chi connectivity index (χ1v) is 5.42. The lowest BCUT2D eigenvalue weighted by Gasteiger charge is -2.35. The standard InChI is InChI=1S/C10H21N3O2/c1-7-3-4-13(6-9(7)14)5-8(2)10(11)12-15/h7-9,14-15H,3-6H2,1-2H3,(H2,11,12). The molecule has 88 valence electrons. The van der Waals surface area contributed by atoms with Crippen molar-refractivity contribution < 1.29 is 10.3 Å². The average Bonchev–Trinajstić information content (AvgIpc) is 2.22. The van der Waals surface area contributed by atoms with Gasteiger partial charge in [0, 0.05) is 19.0 Å². The molecule has 3 unspecified atom stereocenters. The largest absolute Gasteiger partial charge is 0.409 e. The molecule has 1 saturated heterocycles. The summed E-state index contributed by atoms with van der Waals surface area (Å²) in [4.78, 5) is 2.16. The number of rotatable bonds is 3. The average molecular weight is 215 g/mol. The monoisotopic (exact) mass is 215 g/mol. The molecule has 0 aromatic heterocycles. The molecule has 1 heterocycles. The number of aliphatic hydroxyl groups is 1. The minimum Gasteiger partial charge on any atom is -0.409 e. The van der Waals surface area contributed by atoms with E-state index in [-0.39, 0.29) is 17.9 Å². The lowest BCUT2D eigenvalue weighted by molar-refractivity contribution is 0.0267. The molecule has 5 heteroatoms. The summed E-state index contributed by atoms with van der Waals surface area (Å²) >= 11 is 0. The van der Waals surface area contributed by atoms with E-state index < -0.39 is 0 Å². The van der Waals surface area contributed by atoms with E-state index in [0.29, 0.717) is 12.5 Å². The van der Waals surface area contributed by atoms with Crippen LogP contribution in [0.5, 0.6) is 0 Å². The Balaban J connectivity index is 2.40. The van der Waals surface area contributed by atoms with Gasteiger partial charge >= 0.3 is 0 Å². The second-order valence-corrected chi connectivity index (χ2v) is 4.52. The second-order valence-electron chi connectivity index (χ2n) is 4.52. The van der Waals surface area contributed by atoms with Gasteiger partial charge in [-0.2, -0.15) is 0 Å². The van der Waals surface area contributed by atoms with Crippen LogP contribution in [0.2, 0.25) is 0 Å². The third-order valence-electron chi connectivity index (χ3n) is 3.16. The Morgan fingerprint density at radius 1 is 1.67 bits per heavy atom. The molecule has 1 fully saturated rings. The van der Waals surface area contributed by atoms with Crippen LogP contribution in [0.15, 0.2) is 5.16 Å². The number of nitrogens with two attached hydrogens (primary N) is 1. The van der Waals surface area contributed by atoms with Gasteiger partial charge in [0.15, 0.2) is 0 Å². The van der Waals surface area contributed by atoms with Crippen molar-refractivity contribution in [2.24, 2.45) is 22.7 Å². The Morgan fingerprint density at radius 2 is 2.33 bits per heavy atom. The predicted molar refractivity (Wildman–Crippen MR) is 58.8 cm³/mol. The molecule has 0 aromatic rings. The fraction of sp³-hybridized carbons (Fsp3) is 0.900. The summed E-state index contributed by atoms with van der Waals surface area (Å²) in [6.07, 6.45) is 0.752. The van der Waals surface area contributed by atoms with E-state index in [2.05, 4.69) is 17.0 Å². The molecular weight excluding hydrogens is 194 g/mol. The van der Waals surface area contributed by atoms with Crippen molar-refractivity contribution in [3.63, 3.8) is 0 Å². The first kappa shape index (κ1) is 12.3. The summed E-state index contributed by atoms with van der Waals surface area (Å²) in [5.41, 5.74) is 5.51. The van der Waals surface area contributed by atoms with Gasteiger partial charge in [0.1, 0.15) is 5.84 Å². The molecular formula is C10H21N3O2. The summed E-state index contributed by atoms with van der Waals surface area (Å²) in [5.74, 6) is 0.652. The molecule has 0 radical (unpaired) electrons. The van der Waals surface area contributed by atoms with Gasteiger partial charge in [0.05, 0.1) is 6.10 Å². The van der Waals surface area contributed by atoms with E-state index in [4.69, 9.17) is 10.9 Å². The van der Waals surface area contributed by atoms with E-state index >= 15 is 0 Å². The number of hydrogen-bond donors (Lipinski definition) is 3. The summed E-state index contributed by atoms with van der Waals surface area (Å²) in [6.45, 7) is 6.37. The zero-order chi connectivity index (χ0) is 11.4. The van der Waals surface area contributed by atoms with Crippen molar-refractivity contribution in [1.29, 1.82) is 0 Å². The van der Waals surface area contributed by atoms with Gasteiger partial charge in [0.2, 0.25) is 0 Å². The Labute approximate surface area is 90.6 Å². The molecule has 0 saturated carbocycles. The number of hydrogen-bond acceptors (Lipinski definition) is 4. The molecule has 0 spiro atoms. The number of amidine groups is 1. The third kappa shape index (κ3) is 3.35. The van der Waals surface area contributed by atoms with E-state index in [1.165, 1.54) is 0 Å². The molecule has 15 heavy (non-hydrogen) atoms. The van der Waals surface area contributed by atoms with Gasteiger partial charge in [-0.15, -0.1) is 0 Å². The summed E-state index contributed by atoms with van der Waals surface area (Å²) in [5, 5.41) is 21.2. The maximum absolute atomic E-state index is 9.70. The van der Waals surface area contributed by atoms with Crippen molar-refractivity contribution in [1.82, 2.24) is 4.90 Å². The van der Waals surface area contributed by atoms with Crippen molar-refractivity contribution in [2.45, 2.75) is 26.4 Å². The van der Waals surface area contributed by atoms with Gasteiger partial charge in [-0.25, -0.2) is 0 Å². The number of β-amino-alcohol motifs (C(OH)–C–C–N with tert-alkyl or cyclic N) is 1. The molecule has 1 aliphatic heterocycles. The van der Waals surface area contributed by atoms with E-state index in [0.717, 1.165) is 19.5 Å². The van der Waals surface area contributed by atoms with Crippen LogP contribution < -0.4 is 5.73 Å². The SMILES string of the molecule is CC(CN1CCC(C)C(O)C1)C(N)=NO. The maximum atomic E-state index is 9.70. The Hall–Kier alpha value is -0.810. The summed E-state index contributed by atoms with van der Waals surface area (Å²) in [6, 6.07) is 0. The first-order valence-electron chi connectivity index (χ1n) is 5.42. The fourth-order valence-corrected chi connectivity index (χ4v) is 1.86. The molecule has 0 bridgehead atoms. The molecule has 0 aliphatic carbocycles. The Kier molecular flexibility index (Phi) is 4.35. The van der Waals surface area contributed by atoms with Gasteiger partial charge < -0.3 is 20.9 Å². The Bertz CT molecular complexity index is 233. The van der Waals surface area contributed by atoms with Crippen molar-refractivity contribution in [3.05, 3.63) is 0 Å². The van der Waals surface area contributed by atoms with Crippen molar-refractivity contribution >= 4 is 5.84 Å². The summed E-state index contributed by atoms with van der Waals surface area (Å²) in [7, 11) is 0. The quantitative estimate of drug-likeness (QED) is 0.269. The van der Waals surface area contributed by atoms with E-state index in [1.807, 2.05) is 6.92 Å². The topological polar surface area (TPSA) is 82.1 Å². The van der Waals surface area contributed by atoms with Crippen LogP contribution in [0.1, 0.15) is 20.3 Å². The molecule has 1 aliphatic rings. The molecule has 5 nitrogen and oxygen atoms in total. The van der Waals surface area contributed by atoms with Crippen LogP contribution in [0, 0.1) is 11.8 Å². The molecule has 0 aromatic carbocycles. The van der Waals surface area contributed by atoms with Gasteiger partial charge in [0.25, 0.3) is 0 Å². The van der Waals surface area contributed by atoms with Gasteiger partial charge in [-0.1, -0.05) is 19.0 Å². The van der Waals surface area contributed by atoms with Crippen molar-refractivity contribution in [2.75, 3.05) is 19.6 Å².